The molecule has 1 aromatic carbocycles. The normalized spacial score (nSPS) is 31.1. The van der Waals surface area contributed by atoms with Gasteiger partial charge in [-0.1, -0.05) is 110 Å². The van der Waals surface area contributed by atoms with E-state index in [0.717, 1.165) is 135 Å². The SMILES string of the molecule is CC[C@H](C)[C@H]1CN(C)[C@@H](C)CN2CC[C@H]2CN(C)[C@@H](CC2CCCCC2)CN(C)CCN[C@@H](CCc2ccc(C(F)(F)F)c(Cl)c2)CN(C)[C@@H](CC(=O)N2CCC(F)(F)CC2)CNC2(CCCC2)CN(C)[C@@H](C2CCCC2)CN(C)[C@H](C(=O)N2CCOCC2)CCN(C)[C@@H](CC(C)C)CN1. The molecule has 100 heavy (non-hydrogen) atoms. The summed E-state index contributed by atoms with van der Waals surface area (Å²) < 4.78 is 77.2. The van der Waals surface area contributed by atoms with Gasteiger partial charge in [0.05, 0.1) is 29.8 Å². The molecule has 7 aliphatic rings. The predicted molar refractivity (Wildman–Crippen MR) is 399 cm³/mol. The number of benzene rings is 1. The van der Waals surface area contributed by atoms with Crippen LogP contribution in [0.15, 0.2) is 18.2 Å². The number of rotatable bonds is 13. The second-order valence-corrected chi connectivity index (χ2v) is 34.0. The molecule has 7 fully saturated rings. The fraction of sp³-hybridized carbons (Fsp3) is 0.897. The lowest BCUT2D eigenvalue weighted by atomic mass is 9.84. The Morgan fingerprint density at radius 2 is 1.35 bits per heavy atom. The van der Waals surface area contributed by atoms with E-state index in [1.807, 2.05) is 0 Å². The van der Waals surface area contributed by atoms with Gasteiger partial charge in [0, 0.05) is 184 Å². The van der Waals surface area contributed by atoms with Crippen LogP contribution in [-0.2, 0) is 26.9 Å². The molecule has 2 amide bonds. The van der Waals surface area contributed by atoms with Crippen LogP contribution in [0.4, 0.5) is 22.0 Å². The van der Waals surface area contributed by atoms with Gasteiger partial charge in [0.25, 0.3) is 5.92 Å². The van der Waals surface area contributed by atoms with Crippen molar-refractivity contribution in [2.24, 2.45) is 23.7 Å². The summed E-state index contributed by atoms with van der Waals surface area (Å²) in [6, 6.07) is 5.46. The fourth-order valence-electron chi connectivity index (χ4n) is 18.1. The zero-order valence-corrected chi connectivity index (χ0v) is 65.2. The summed E-state index contributed by atoms with van der Waals surface area (Å²) >= 11 is 6.36. The number of aryl methyl sites for hydroxylation is 1. The topological polar surface area (TPSA) is 112 Å². The van der Waals surface area contributed by atoms with Gasteiger partial charge in [-0.3, -0.25) is 19.4 Å². The highest BCUT2D eigenvalue weighted by atomic mass is 35.5. The van der Waals surface area contributed by atoms with Crippen molar-refractivity contribution >= 4 is 23.4 Å². The molecular formula is C78H139ClF5N13O3. The van der Waals surface area contributed by atoms with Crippen molar-refractivity contribution in [3.05, 3.63) is 34.3 Å². The summed E-state index contributed by atoms with van der Waals surface area (Å²) in [6.45, 7) is 25.1. The number of hydrogen-bond acceptors (Lipinski definition) is 14. The molecule has 3 N–H and O–H groups in total. The number of nitrogens with one attached hydrogen (secondary N) is 3. The molecule has 4 heterocycles. The Morgan fingerprint density at radius 3 is 1.99 bits per heavy atom. The van der Waals surface area contributed by atoms with Crippen LogP contribution in [-0.4, -0.2) is 300 Å². The van der Waals surface area contributed by atoms with E-state index in [-0.39, 0.29) is 78.9 Å². The maximum atomic E-state index is 15.2. The number of carbonyl (C=O) groups excluding carboxylic acids is 2. The minimum absolute atomic E-state index is 0.0207. The monoisotopic (exact) mass is 1440 g/mol. The molecule has 1 aromatic rings. The number of carbonyl (C=O) groups is 2. The Morgan fingerprint density at radius 1 is 0.670 bits per heavy atom. The van der Waals surface area contributed by atoms with Crippen LogP contribution >= 0.6 is 11.6 Å². The minimum atomic E-state index is -4.56. The number of likely N-dealkylation sites (N-methyl/N-ethyl adjacent to an activating group) is 7. The standard InChI is InChI=1S/C78H139ClF5N13O3/c1-13-59(4)71-55-90(8)60(5)51-97-37-29-65(97)54-92(10)68(46-61-21-15-14-16-22-61)53-88(6)40-35-85-64(27-25-62-26-28-69(70(79)47-62)78(82,83)84)52-91(9)67(48-74(98)95-38-33-77(80,81)34-39-95)50-87-76(31-19-20-32-76)57-94(12)73(63-23-17-18-24-63)56-93(11)72(75(99)96-41-43-100-44-42-96)30-36-89(7)66(49-86-71)45-58(2)3/h26,28,47,58-61,63-68,71-73,85-87H,13-25,27,29-46,48-57H2,1-12H3/t59-,60-,64-,65-,66-,67-,68-,71+,72-,73+/m0/s1. The largest absolute Gasteiger partial charge is 0.417 e. The molecule has 0 radical (unpaired) electrons. The predicted octanol–water partition coefficient (Wildman–Crippen LogP) is 11.1. The van der Waals surface area contributed by atoms with Gasteiger partial charge in [0.1, 0.15) is 0 Å². The minimum Gasteiger partial charge on any atom is -0.378 e. The first-order valence-electron chi connectivity index (χ1n) is 39.8. The summed E-state index contributed by atoms with van der Waals surface area (Å²) in [7, 11) is 15.8. The Labute approximate surface area is 607 Å². The Hall–Kier alpha value is -2.38. The molecule has 4 saturated heterocycles. The van der Waals surface area contributed by atoms with Crippen LogP contribution in [0.5, 0.6) is 0 Å². The molecule has 3 aliphatic carbocycles. The molecular weight excluding hydrogens is 1300 g/mol. The number of morpholine rings is 1. The zero-order chi connectivity index (χ0) is 72.3. The van der Waals surface area contributed by atoms with E-state index < -0.39 is 17.7 Å². The molecule has 1 spiro atoms. The number of alkyl halides is 5. The Bertz CT molecular complexity index is 2550. The summed E-state index contributed by atoms with van der Waals surface area (Å²) in [5.41, 5.74) is -0.374. The van der Waals surface area contributed by atoms with Crippen molar-refractivity contribution in [2.45, 2.75) is 254 Å². The number of piperidine rings is 1. The van der Waals surface area contributed by atoms with Gasteiger partial charge in [-0.15, -0.1) is 0 Å². The van der Waals surface area contributed by atoms with E-state index in [1.54, 1.807) is 11.0 Å². The summed E-state index contributed by atoms with van der Waals surface area (Å²) in [5.74, 6) is -0.531. The molecule has 0 aromatic heterocycles. The highest BCUT2D eigenvalue weighted by Gasteiger charge is 2.43. The first-order valence-corrected chi connectivity index (χ1v) is 40.2. The van der Waals surface area contributed by atoms with Gasteiger partial charge in [-0.25, -0.2) is 8.78 Å². The highest BCUT2D eigenvalue weighted by molar-refractivity contribution is 6.31. The summed E-state index contributed by atoms with van der Waals surface area (Å²) in [6.07, 6.45) is 16.6. The van der Waals surface area contributed by atoms with Crippen molar-refractivity contribution < 1.29 is 36.3 Å². The molecule has 0 bridgehead atoms. The van der Waals surface area contributed by atoms with Gasteiger partial charge in [0.15, 0.2) is 0 Å². The molecule has 4 aliphatic heterocycles. The third-order valence-corrected chi connectivity index (χ3v) is 25.7. The third kappa shape index (κ3) is 25.4. The lowest BCUT2D eigenvalue weighted by molar-refractivity contribution is -0.141. The maximum absolute atomic E-state index is 15.2. The Kier molecular flexibility index (Phi) is 33.3. The van der Waals surface area contributed by atoms with E-state index in [4.69, 9.17) is 16.3 Å². The van der Waals surface area contributed by atoms with Gasteiger partial charge in [-0.2, -0.15) is 13.2 Å². The number of likely N-dealkylation sites (tertiary alicyclic amines) is 1. The number of hydrogen-bond donors (Lipinski definition) is 3. The van der Waals surface area contributed by atoms with Crippen LogP contribution in [0.3, 0.4) is 0 Å². The number of ether oxygens (including phenoxy) is 1. The van der Waals surface area contributed by atoms with E-state index >= 15 is 4.79 Å². The Balaban J connectivity index is 1.11. The van der Waals surface area contributed by atoms with Crippen LogP contribution in [0.2, 0.25) is 5.02 Å². The van der Waals surface area contributed by atoms with E-state index in [2.05, 4.69) is 144 Å². The number of amides is 2. The molecule has 576 valence electrons. The average Bonchev–Trinajstić information content (AvgIpc) is 1.41. The van der Waals surface area contributed by atoms with Crippen LogP contribution < -0.4 is 16.0 Å². The first kappa shape index (κ1) is 83.3. The van der Waals surface area contributed by atoms with E-state index in [0.29, 0.717) is 113 Å². The summed E-state index contributed by atoms with van der Waals surface area (Å²) in [5, 5.41) is 12.0. The molecule has 16 nitrogen and oxygen atoms in total. The zero-order valence-electron chi connectivity index (χ0n) is 64.4. The molecule has 3 saturated carbocycles. The van der Waals surface area contributed by atoms with Crippen LogP contribution in [0.1, 0.15) is 187 Å². The van der Waals surface area contributed by atoms with Gasteiger partial charge < -0.3 is 59.9 Å². The number of nitrogens with zero attached hydrogens (tertiary/aromatic N) is 10. The lowest BCUT2D eigenvalue weighted by Gasteiger charge is -2.47. The smallest absolute Gasteiger partial charge is 0.378 e. The van der Waals surface area contributed by atoms with Gasteiger partial charge >= 0.3 is 6.18 Å². The first-order chi connectivity index (χ1) is 47.6. The summed E-state index contributed by atoms with van der Waals surface area (Å²) in [4.78, 5) is 53.9. The molecule has 0 unspecified atom stereocenters. The van der Waals surface area contributed by atoms with Gasteiger partial charge in [-0.05, 0) is 162 Å². The quantitative estimate of drug-likeness (QED) is 0.163. The average molecular weight is 1440 g/mol. The van der Waals surface area contributed by atoms with Crippen molar-refractivity contribution in [1.29, 1.82) is 0 Å². The molecule has 10 atom stereocenters. The fourth-order valence-corrected chi connectivity index (χ4v) is 18.5. The lowest BCUT2D eigenvalue weighted by Crippen LogP contribution is -2.60. The number of halogens is 6. The van der Waals surface area contributed by atoms with Crippen LogP contribution in [0.25, 0.3) is 0 Å². The van der Waals surface area contributed by atoms with Crippen molar-refractivity contribution in [1.82, 2.24) is 64.9 Å². The third-order valence-electron chi connectivity index (χ3n) is 25.4. The highest BCUT2D eigenvalue weighted by Crippen LogP contribution is 2.38. The van der Waals surface area contributed by atoms with E-state index in [9.17, 15) is 26.7 Å². The van der Waals surface area contributed by atoms with E-state index in [1.165, 1.54) is 63.9 Å². The van der Waals surface area contributed by atoms with Crippen molar-refractivity contribution in [2.75, 3.05) is 174 Å². The van der Waals surface area contributed by atoms with Crippen molar-refractivity contribution in [3.8, 4) is 0 Å². The molecule has 22 heteroatoms. The molecule has 8 rings (SSSR count). The maximum Gasteiger partial charge on any atom is 0.417 e. The second kappa shape index (κ2) is 40.0. The second-order valence-electron chi connectivity index (χ2n) is 33.6. The van der Waals surface area contributed by atoms with Crippen LogP contribution in [0, 0.1) is 23.7 Å². The van der Waals surface area contributed by atoms with Gasteiger partial charge in [0.2, 0.25) is 11.8 Å². The van der Waals surface area contributed by atoms with Crippen molar-refractivity contribution in [3.63, 3.8) is 0 Å². The number of fused-ring (bicyclic) bond motifs is 1.